The summed E-state index contributed by atoms with van der Waals surface area (Å²) in [7, 11) is 1.99. The molecule has 3 heterocycles. The lowest BCUT2D eigenvalue weighted by atomic mass is 10.2. The lowest BCUT2D eigenvalue weighted by Crippen LogP contribution is -2.44. The second-order valence-electron chi connectivity index (χ2n) is 5.92. The molecular weight excluding hydrogens is 322 g/mol. The maximum atomic E-state index is 12.7. The van der Waals surface area contributed by atoms with E-state index in [4.69, 9.17) is 4.74 Å². The summed E-state index contributed by atoms with van der Waals surface area (Å²) in [6, 6.07) is 12.0. The molecule has 1 N–H and O–H groups in total. The average molecular weight is 341 g/mol. The highest BCUT2D eigenvalue weighted by atomic mass is 32.1. The zero-order chi connectivity index (χ0) is 16.5. The van der Waals surface area contributed by atoms with E-state index in [2.05, 4.69) is 11.4 Å². The molecule has 5 nitrogen and oxygen atoms in total. The Kier molecular flexibility index (Phi) is 4.00. The summed E-state index contributed by atoms with van der Waals surface area (Å²) in [5.41, 5.74) is 1.87. The Morgan fingerprint density at radius 3 is 3.04 bits per heavy atom. The van der Waals surface area contributed by atoms with Gasteiger partial charge >= 0.3 is 6.03 Å². The smallest absolute Gasteiger partial charge is 0.322 e. The highest BCUT2D eigenvalue weighted by Crippen LogP contribution is 2.27. The molecule has 2 amide bonds. The molecule has 0 radical (unpaired) electrons. The van der Waals surface area contributed by atoms with Crippen molar-refractivity contribution in [1.82, 2.24) is 9.47 Å². The average Bonchev–Trinajstić information content (AvgIpc) is 3.26. The first-order valence-electron chi connectivity index (χ1n) is 7.97. The summed E-state index contributed by atoms with van der Waals surface area (Å²) in [6.45, 7) is 1.75. The molecule has 1 aliphatic rings. The lowest BCUT2D eigenvalue weighted by Gasteiger charge is -2.32. The highest BCUT2D eigenvalue weighted by molar-refractivity contribution is 7.10. The molecule has 1 unspecified atom stereocenters. The molecule has 0 aliphatic carbocycles. The first kappa shape index (κ1) is 15.2. The van der Waals surface area contributed by atoms with E-state index < -0.39 is 0 Å². The summed E-state index contributed by atoms with van der Waals surface area (Å²) in [5, 5.41) is 6.22. The van der Waals surface area contributed by atoms with Crippen LogP contribution in [0.3, 0.4) is 0 Å². The van der Waals surface area contributed by atoms with E-state index in [1.807, 2.05) is 58.4 Å². The Balaban J connectivity index is 1.52. The number of nitrogens with zero attached hydrogens (tertiary/aromatic N) is 2. The van der Waals surface area contributed by atoms with Gasteiger partial charge in [-0.3, -0.25) is 0 Å². The van der Waals surface area contributed by atoms with Crippen LogP contribution in [0, 0.1) is 0 Å². The molecule has 1 atom stereocenters. The van der Waals surface area contributed by atoms with Gasteiger partial charge in [0.25, 0.3) is 0 Å². The van der Waals surface area contributed by atoms with Crippen molar-refractivity contribution in [2.24, 2.45) is 7.05 Å². The van der Waals surface area contributed by atoms with Crippen LogP contribution in [0.2, 0.25) is 0 Å². The van der Waals surface area contributed by atoms with Gasteiger partial charge in [0.15, 0.2) is 0 Å². The van der Waals surface area contributed by atoms with Gasteiger partial charge in [-0.1, -0.05) is 18.2 Å². The summed E-state index contributed by atoms with van der Waals surface area (Å²) < 4.78 is 7.84. The molecule has 1 fully saturated rings. The van der Waals surface area contributed by atoms with Crippen molar-refractivity contribution >= 4 is 34.0 Å². The van der Waals surface area contributed by atoms with Gasteiger partial charge in [-0.2, -0.15) is 0 Å². The number of benzene rings is 1. The number of aryl methyl sites for hydroxylation is 1. The summed E-state index contributed by atoms with van der Waals surface area (Å²) in [4.78, 5) is 15.7. The molecule has 4 rings (SSSR count). The quantitative estimate of drug-likeness (QED) is 0.770. The number of thiophene rings is 1. The molecule has 124 valence electrons. The second kappa shape index (κ2) is 6.30. The Labute approximate surface area is 144 Å². The molecule has 1 aliphatic heterocycles. The van der Waals surface area contributed by atoms with Crippen molar-refractivity contribution in [2.75, 3.05) is 25.0 Å². The van der Waals surface area contributed by atoms with Gasteiger partial charge in [0.2, 0.25) is 0 Å². The number of anilines is 1. The van der Waals surface area contributed by atoms with Crippen molar-refractivity contribution < 1.29 is 9.53 Å². The van der Waals surface area contributed by atoms with Crippen LogP contribution in [0.15, 0.2) is 48.0 Å². The molecule has 1 saturated heterocycles. The van der Waals surface area contributed by atoms with Crippen molar-refractivity contribution in [1.29, 1.82) is 0 Å². The number of para-hydroxylation sites is 1. The number of carbonyl (C=O) groups is 1. The predicted octanol–water partition coefficient (Wildman–Crippen LogP) is 3.85. The minimum Gasteiger partial charge on any atom is -0.369 e. The number of hydrogen-bond donors (Lipinski definition) is 1. The van der Waals surface area contributed by atoms with Crippen molar-refractivity contribution in [3.8, 4) is 0 Å². The van der Waals surface area contributed by atoms with Crippen LogP contribution in [0.1, 0.15) is 11.0 Å². The molecular formula is C18H19N3O2S. The van der Waals surface area contributed by atoms with Gasteiger partial charge in [-0.05, 0) is 23.6 Å². The van der Waals surface area contributed by atoms with E-state index in [0.717, 1.165) is 21.5 Å². The number of urea groups is 1. The predicted molar refractivity (Wildman–Crippen MR) is 96.5 cm³/mol. The maximum Gasteiger partial charge on any atom is 0.322 e. The van der Waals surface area contributed by atoms with E-state index in [-0.39, 0.29) is 12.1 Å². The normalized spacial score (nSPS) is 18.0. The van der Waals surface area contributed by atoms with Crippen LogP contribution < -0.4 is 5.32 Å². The minimum absolute atomic E-state index is 0.0321. The molecule has 2 aromatic heterocycles. The van der Waals surface area contributed by atoms with Crippen molar-refractivity contribution in [2.45, 2.75) is 6.10 Å². The summed E-state index contributed by atoms with van der Waals surface area (Å²) in [5.74, 6) is 0. The van der Waals surface area contributed by atoms with Gasteiger partial charge in [0.1, 0.15) is 6.10 Å². The minimum atomic E-state index is -0.0754. The number of morpholine rings is 1. The third kappa shape index (κ3) is 2.79. The third-order valence-electron chi connectivity index (χ3n) is 4.35. The first-order valence-corrected chi connectivity index (χ1v) is 8.85. The molecule has 1 aromatic carbocycles. The molecule has 6 heteroatoms. The molecule has 24 heavy (non-hydrogen) atoms. The van der Waals surface area contributed by atoms with Crippen molar-refractivity contribution in [3.63, 3.8) is 0 Å². The monoisotopic (exact) mass is 341 g/mol. The molecule has 0 saturated carbocycles. The number of carbonyl (C=O) groups excluding carboxylic acids is 1. The van der Waals surface area contributed by atoms with E-state index in [0.29, 0.717) is 19.7 Å². The first-order chi connectivity index (χ1) is 11.7. The van der Waals surface area contributed by atoms with E-state index in [1.165, 1.54) is 0 Å². The van der Waals surface area contributed by atoms with Crippen LogP contribution in [0.25, 0.3) is 10.9 Å². The van der Waals surface area contributed by atoms with Gasteiger partial charge in [0, 0.05) is 30.1 Å². The number of fused-ring (bicyclic) bond motifs is 1. The Morgan fingerprint density at radius 1 is 1.29 bits per heavy atom. The van der Waals surface area contributed by atoms with Crippen molar-refractivity contribution in [3.05, 3.63) is 52.9 Å². The highest BCUT2D eigenvalue weighted by Gasteiger charge is 2.26. The standard InChI is InChI=1S/C18H19N3O2S/c1-20-8-7-13-4-2-5-14(17(13)20)19-18(22)21-9-10-23-15(12-21)16-6-3-11-24-16/h2-8,11,15H,9-10,12H2,1H3,(H,19,22). The number of aromatic nitrogens is 1. The summed E-state index contributed by atoms with van der Waals surface area (Å²) in [6.07, 6.45) is 1.97. The van der Waals surface area contributed by atoms with Crippen LogP contribution in [-0.4, -0.2) is 35.2 Å². The van der Waals surface area contributed by atoms with E-state index >= 15 is 0 Å². The van der Waals surface area contributed by atoms with Gasteiger partial charge in [-0.25, -0.2) is 4.79 Å². The molecule has 0 bridgehead atoms. The summed E-state index contributed by atoms with van der Waals surface area (Å²) >= 11 is 1.67. The number of nitrogens with one attached hydrogen (secondary N) is 1. The van der Waals surface area contributed by atoms with E-state index in [1.54, 1.807) is 11.3 Å². The number of ether oxygens (including phenoxy) is 1. The zero-order valence-electron chi connectivity index (χ0n) is 13.4. The fourth-order valence-corrected chi connectivity index (χ4v) is 3.90. The third-order valence-corrected chi connectivity index (χ3v) is 5.32. The Morgan fingerprint density at radius 2 is 2.21 bits per heavy atom. The zero-order valence-corrected chi connectivity index (χ0v) is 14.3. The largest absolute Gasteiger partial charge is 0.369 e. The number of amides is 2. The maximum absolute atomic E-state index is 12.7. The fourth-order valence-electron chi connectivity index (χ4n) is 3.13. The van der Waals surface area contributed by atoms with Crippen LogP contribution in [0.4, 0.5) is 10.5 Å². The van der Waals surface area contributed by atoms with Crippen LogP contribution in [-0.2, 0) is 11.8 Å². The SMILES string of the molecule is Cn1ccc2cccc(NC(=O)N3CCOC(c4cccs4)C3)c21. The van der Waals surface area contributed by atoms with Crippen LogP contribution >= 0.6 is 11.3 Å². The topological polar surface area (TPSA) is 46.5 Å². The Bertz CT molecular complexity index is 856. The van der Waals surface area contributed by atoms with Gasteiger partial charge < -0.3 is 19.5 Å². The molecule has 3 aromatic rings. The molecule has 0 spiro atoms. The Hall–Kier alpha value is -2.31. The second-order valence-corrected chi connectivity index (χ2v) is 6.90. The van der Waals surface area contributed by atoms with Gasteiger partial charge in [-0.15, -0.1) is 11.3 Å². The van der Waals surface area contributed by atoms with E-state index in [9.17, 15) is 4.79 Å². The van der Waals surface area contributed by atoms with Crippen LogP contribution in [0.5, 0.6) is 0 Å². The number of hydrogen-bond acceptors (Lipinski definition) is 3. The van der Waals surface area contributed by atoms with Gasteiger partial charge in [0.05, 0.1) is 24.4 Å². The lowest BCUT2D eigenvalue weighted by molar-refractivity contribution is -0.0115. The number of rotatable bonds is 2. The fraction of sp³-hybridized carbons (Fsp3) is 0.278.